The molecule has 1 unspecified atom stereocenters. The van der Waals surface area contributed by atoms with Crippen molar-refractivity contribution in [3.05, 3.63) is 77.4 Å². The molecule has 0 aliphatic carbocycles. The minimum absolute atomic E-state index is 0.0221. The summed E-state index contributed by atoms with van der Waals surface area (Å²) in [7, 11) is 1.37. The molecule has 9 heteroatoms. The maximum absolute atomic E-state index is 14.2. The highest BCUT2D eigenvalue weighted by molar-refractivity contribution is 6.06. The van der Waals surface area contributed by atoms with Gasteiger partial charge < -0.3 is 14.8 Å². The molecule has 172 valence electrons. The molecule has 3 aromatic rings. The Balaban J connectivity index is 1.71. The van der Waals surface area contributed by atoms with Gasteiger partial charge >= 0.3 is 6.36 Å². The van der Waals surface area contributed by atoms with E-state index in [2.05, 4.69) is 10.1 Å². The molecular formula is C24H18F5NO3. The number of benzene rings is 3. The highest BCUT2D eigenvalue weighted by Crippen LogP contribution is 2.44. The Morgan fingerprint density at radius 3 is 2.42 bits per heavy atom. The highest BCUT2D eigenvalue weighted by Gasteiger charge is 2.43. The number of halogens is 5. The number of methoxy groups -OCH3 is 1. The maximum Gasteiger partial charge on any atom is 0.573 e. The van der Waals surface area contributed by atoms with Crippen molar-refractivity contribution in [2.24, 2.45) is 0 Å². The van der Waals surface area contributed by atoms with E-state index in [1.807, 2.05) is 0 Å². The van der Waals surface area contributed by atoms with E-state index in [1.54, 1.807) is 25.1 Å². The summed E-state index contributed by atoms with van der Waals surface area (Å²) < 4.78 is 74.7. The van der Waals surface area contributed by atoms with Crippen LogP contribution in [0.5, 0.6) is 11.5 Å². The van der Waals surface area contributed by atoms with Crippen LogP contribution in [0.25, 0.3) is 11.1 Å². The van der Waals surface area contributed by atoms with E-state index >= 15 is 0 Å². The second kappa shape index (κ2) is 8.06. The molecule has 4 nitrogen and oxygen atoms in total. The van der Waals surface area contributed by atoms with Crippen LogP contribution < -0.4 is 14.8 Å². The van der Waals surface area contributed by atoms with Gasteiger partial charge in [0, 0.05) is 17.3 Å². The minimum atomic E-state index is -4.86. The predicted octanol–water partition coefficient (Wildman–Crippen LogP) is 5.99. The maximum atomic E-state index is 14.2. The summed E-state index contributed by atoms with van der Waals surface area (Å²) in [6, 6.07) is 11.7. The lowest BCUT2D eigenvalue weighted by atomic mass is 9.77. The second-order valence-corrected chi connectivity index (χ2v) is 7.87. The van der Waals surface area contributed by atoms with E-state index < -0.39 is 29.2 Å². The standard InChI is InChI=1S/C24H18F5NO3/c1-23(12-14-9-16(33-24(27,28)29)5-8-21(14)32-2)18-7-3-13(10-20(18)30-22(23)31)17-6-4-15(25)11-19(17)26/h3-11H,12H2,1-2H3,(H,30,31). The number of carbonyl (C=O) groups is 1. The van der Waals surface area contributed by atoms with Crippen molar-refractivity contribution in [2.75, 3.05) is 12.4 Å². The number of rotatable bonds is 5. The van der Waals surface area contributed by atoms with Gasteiger partial charge in [-0.1, -0.05) is 12.1 Å². The van der Waals surface area contributed by atoms with Crippen molar-refractivity contribution in [1.82, 2.24) is 0 Å². The van der Waals surface area contributed by atoms with Crippen LogP contribution >= 0.6 is 0 Å². The van der Waals surface area contributed by atoms with Gasteiger partial charge in [0.25, 0.3) is 0 Å². The Labute approximate surface area is 185 Å². The van der Waals surface area contributed by atoms with Crippen LogP contribution in [-0.2, 0) is 16.6 Å². The number of carbonyl (C=O) groups excluding carboxylic acids is 1. The molecule has 1 aliphatic rings. The average molecular weight is 463 g/mol. The van der Waals surface area contributed by atoms with E-state index in [1.165, 1.54) is 25.3 Å². The van der Waals surface area contributed by atoms with E-state index in [-0.39, 0.29) is 17.9 Å². The quantitative estimate of drug-likeness (QED) is 0.473. The van der Waals surface area contributed by atoms with Crippen LogP contribution in [0.4, 0.5) is 27.6 Å². The molecule has 0 saturated carbocycles. The molecule has 0 saturated heterocycles. The summed E-state index contributed by atoms with van der Waals surface area (Å²) >= 11 is 0. The molecular weight excluding hydrogens is 445 g/mol. The lowest BCUT2D eigenvalue weighted by molar-refractivity contribution is -0.274. The fourth-order valence-electron chi connectivity index (χ4n) is 4.05. The molecule has 1 heterocycles. The number of alkyl halides is 3. The van der Waals surface area contributed by atoms with Gasteiger partial charge in [0.2, 0.25) is 5.91 Å². The largest absolute Gasteiger partial charge is 0.573 e. The lowest BCUT2D eigenvalue weighted by Crippen LogP contribution is -2.33. The van der Waals surface area contributed by atoms with Crippen LogP contribution in [0.15, 0.2) is 54.6 Å². The van der Waals surface area contributed by atoms with Crippen molar-refractivity contribution in [1.29, 1.82) is 0 Å². The van der Waals surface area contributed by atoms with E-state index in [0.29, 0.717) is 28.1 Å². The molecule has 1 N–H and O–H groups in total. The van der Waals surface area contributed by atoms with Crippen molar-refractivity contribution in [3.63, 3.8) is 0 Å². The Hall–Kier alpha value is -3.62. The van der Waals surface area contributed by atoms with Gasteiger partial charge in [0.15, 0.2) is 0 Å². The number of nitrogens with one attached hydrogen (secondary N) is 1. The van der Waals surface area contributed by atoms with Gasteiger partial charge in [0.1, 0.15) is 23.1 Å². The molecule has 4 rings (SSSR count). The zero-order valence-corrected chi connectivity index (χ0v) is 17.5. The number of amides is 1. The summed E-state index contributed by atoms with van der Waals surface area (Å²) in [6.07, 6.45) is -4.84. The van der Waals surface area contributed by atoms with Crippen molar-refractivity contribution >= 4 is 11.6 Å². The third-order valence-corrected chi connectivity index (χ3v) is 5.63. The third-order valence-electron chi connectivity index (χ3n) is 5.63. The summed E-state index contributed by atoms with van der Waals surface area (Å²) in [5.74, 6) is -1.95. The molecule has 33 heavy (non-hydrogen) atoms. The van der Waals surface area contributed by atoms with Gasteiger partial charge in [-0.2, -0.15) is 0 Å². The van der Waals surface area contributed by atoms with Crippen molar-refractivity contribution in [2.45, 2.75) is 25.1 Å². The molecule has 3 aromatic carbocycles. The monoisotopic (exact) mass is 463 g/mol. The van der Waals surface area contributed by atoms with Crippen LogP contribution in [0.1, 0.15) is 18.1 Å². The fraction of sp³-hybridized carbons (Fsp3) is 0.208. The van der Waals surface area contributed by atoms with E-state index in [4.69, 9.17) is 4.74 Å². The first-order valence-corrected chi connectivity index (χ1v) is 9.84. The Bertz CT molecular complexity index is 1240. The van der Waals surface area contributed by atoms with Gasteiger partial charge in [0.05, 0.1) is 12.5 Å². The van der Waals surface area contributed by atoms with Gasteiger partial charge in [-0.25, -0.2) is 8.78 Å². The summed E-state index contributed by atoms with van der Waals surface area (Å²) in [6.45, 7) is 1.66. The molecule has 1 amide bonds. The Morgan fingerprint density at radius 1 is 1.00 bits per heavy atom. The van der Waals surface area contributed by atoms with E-state index in [0.717, 1.165) is 18.2 Å². The minimum Gasteiger partial charge on any atom is -0.496 e. The SMILES string of the molecule is COc1ccc(OC(F)(F)F)cc1CC1(C)C(=O)Nc2cc(-c3ccc(F)cc3F)ccc21. The first-order valence-electron chi connectivity index (χ1n) is 9.84. The molecule has 1 aliphatic heterocycles. The first-order chi connectivity index (χ1) is 15.5. The summed E-state index contributed by atoms with van der Waals surface area (Å²) in [5, 5.41) is 2.75. The number of hydrogen-bond acceptors (Lipinski definition) is 3. The normalized spacial score (nSPS) is 17.5. The first kappa shape index (κ1) is 22.6. The lowest BCUT2D eigenvalue weighted by Gasteiger charge is -2.24. The molecule has 0 aromatic heterocycles. The Kier molecular flexibility index (Phi) is 5.51. The zero-order chi connectivity index (χ0) is 24.0. The molecule has 1 atom stereocenters. The number of fused-ring (bicyclic) bond motifs is 1. The van der Waals surface area contributed by atoms with Crippen LogP contribution in [-0.4, -0.2) is 19.4 Å². The molecule has 0 radical (unpaired) electrons. The number of ether oxygens (including phenoxy) is 2. The zero-order valence-electron chi connectivity index (χ0n) is 17.5. The summed E-state index contributed by atoms with van der Waals surface area (Å²) in [4.78, 5) is 12.9. The smallest absolute Gasteiger partial charge is 0.496 e. The second-order valence-electron chi connectivity index (χ2n) is 7.87. The highest BCUT2D eigenvalue weighted by atomic mass is 19.4. The molecule has 0 spiro atoms. The van der Waals surface area contributed by atoms with Crippen LogP contribution in [0.3, 0.4) is 0 Å². The topological polar surface area (TPSA) is 47.6 Å². The molecule has 0 fully saturated rings. The Morgan fingerprint density at radius 2 is 1.76 bits per heavy atom. The van der Waals surface area contributed by atoms with Gasteiger partial charge in [-0.3, -0.25) is 4.79 Å². The third kappa shape index (κ3) is 4.35. The fourth-order valence-corrected chi connectivity index (χ4v) is 4.05. The van der Waals surface area contributed by atoms with Crippen molar-refractivity contribution < 1.29 is 36.2 Å². The van der Waals surface area contributed by atoms with E-state index in [9.17, 15) is 26.7 Å². The van der Waals surface area contributed by atoms with Crippen LogP contribution in [0, 0.1) is 11.6 Å². The number of anilines is 1. The molecule has 0 bridgehead atoms. The van der Waals surface area contributed by atoms with Crippen LogP contribution in [0.2, 0.25) is 0 Å². The van der Waals surface area contributed by atoms with Gasteiger partial charge in [-0.05, 0) is 66.4 Å². The summed E-state index contributed by atoms with van der Waals surface area (Å²) in [5.41, 5.74) is 0.834. The number of hydrogen-bond donors (Lipinski definition) is 1. The van der Waals surface area contributed by atoms with Gasteiger partial charge in [-0.15, -0.1) is 13.2 Å². The average Bonchev–Trinajstić information content (AvgIpc) is 2.96. The van der Waals surface area contributed by atoms with Crippen molar-refractivity contribution in [3.8, 4) is 22.6 Å². The predicted molar refractivity (Wildman–Crippen MR) is 111 cm³/mol.